The van der Waals surface area contributed by atoms with Crippen molar-refractivity contribution in [2.45, 2.75) is 18.9 Å². The molecule has 18 heavy (non-hydrogen) atoms. The van der Waals surface area contributed by atoms with Gasteiger partial charge in [-0.1, -0.05) is 0 Å². The summed E-state index contributed by atoms with van der Waals surface area (Å²) in [6, 6.07) is 6.28. The molecule has 0 bridgehead atoms. The Balaban J connectivity index is 2.71. The fourth-order valence-electron chi connectivity index (χ4n) is 1.68. The van der Waals surface area contributed by atoms with Gasteiger partial charge in [-0.25, -0.2) is 4.39 Å². The number of hydrogen-bond donors (Lipinski definition) is 2. The molecule has 0 aromatic heterocycles. The zero-order valence-corrected chi connectivity index (χ0v) is 10.4. The standard InChI is InChI=1S/C13H18FN3O/c1-18-9-11(3-2-6-15)17-13-5-4-10(8-16)7-12(13)14/h4-5,7,11,17H,2-3,6,9,15H2,1H3. The zero-order valence-electron chi connectivity index (χ0n) is 10.4. The third kappa shape index (κ3) is 4.32. The number of nitrogens with zero attached hydrogens (tertiary/aromatic N) is 1. The quantitative estimate of drug-likeness (QED) is 0.776. The Bertz CT molecular complexity index is 417. The Kier molecular flexibility index (Phi) is 6.12. The lowest BCUT2D eigenvalue weighted by Gasteiger charge is -2.19. The highest BCUT2D eigenvalue weighted by atomic mass is 19.1. The molecule has 0 saturated heterocycles. The summed E-state index contributed by atoms with van der Waals surface area (Å²) in [5.74, 6) is -0.428. The second-order valence-electron chi connectivity index (χ2n) is 4.03. The number of hydrogen-bond acceptors (Lipinski definition) is 4. The lowest BCUT2D eigenvalue weighted by atomic mass is 10.1. The number of nitriles is 1. The predicted molar refractivity (Wildman–Crippen MR) is 68.7 cm³/mol. The molecule has 0 spiro atoms. The Morgan fingerprint density at radius 3 is 2.89 bits per heavy atom. The third-order valence-electron chi connectivity index (χ3n) is 2.58. The van der Waals surface area contributed by atoms with Crippen molar-refractivity contribution in [2.24, 2.45) is 5.73 Å². The molecule has 1 aromatic carbocycles. The lowest BCUT2D eigenvalue weighted by Crippen LogP contribution is -2.26. The van der Waals surface area contributed by atoms with Gasteiger partial charge in [-0.05, 0) is 37.6 Å². The summed E-state index contributed by atoms with van der Waals surface area (Å²) >= 11 is 0. The molecule has 0 saturated carbocycles. The molecular formula is C13H18FN3O. The van der Waals surface area contributed by atoms with Crippen molar-refractivity contribution in [2.75, 3.05) is 25.6 Å². The number of anilines is 1. The van der Waals surface area contributed by atoms with Gasteiger partial charge in [0.2, 0.25) is 0 Å². The van der Waals surface area contributed by atoms with E-state index in [2.05, 4.69) is 5.32 Å². The Labute approximate surface area is 107 Å². The highest BCUT2D eigenvalue weighted by molar-refractivity contribution is 5.49. The van der Waals surface area contributed by atoms with Crippen LogP contribution in [0.5, 0.6) is 0 Å². The minimum Gasteiger partial charge on any atom is -0.383 e. The molecule has 4 nitrogen and oxygen atoms in total. The van der Waals surface area contributed by atoms with E-state index in [1.807, 2.05) is 6.07 Å². The Morgan fingerprint density at radius 1 is 1.56 bits per heavy atom. The fourth-order valence-corrected chi connectivity index (χ4v) is 1.68. The summed E-state index contributed by atoms with van der Waals surface area (Å²) in [7, 11) is 1.60. The monoisotopic (exact) mass is 251 g/mol. The second kappa shape index (κ2) is 7.64. The van der Waals surface area contributed by atoms with E-state index < -0.39 is 5.82 Å². The minimum atomic E-state index is -0.428. The molecule has 0 amide bonds. The molecule has 0 aliphatic heterocycles. The number of nitrogens with two attached hydrogens (primary N) is 1. The van der Waals surface area contributed by atoms with Gasteiger partial charge in [-0.2, -0.15) is 5.26 Å². The van der Waals surface area contributed by atoms with Crippen LogP contribution in [0.15, 0.2) is 18.2 Å². The normalized spacial score (nSPS) is 11.9. The first kappa shape index (κ1) is 14.4. The van der Waals surface area contributed by atoms with Gasteiger partial charge in [0.15, 0.2) is 0 Å². The SMILES string of the molecule is COCC(CCCN)Nc1ccc(C#N)cc1F. The third-order valence-corrected chi connectivity index (χ3v) is 2.58. The van der Waals surface area contributed by atoms with Crippen molar-refractivity contribution < 1.29 is 9.13 Å². The molecule has 1 atom stereocenters. The molecule has 1 aromatic rings. The smallest absolute Gasteiger partial charge is 0.147 e. The van der Waals surface area contributed by atoms with Crippen molar-refractivity contribution in [1.29, 1.82) is 5.26 Å². The van der Waals surface area contributed by atoms with Crippen LogP contribution in [0, 0.1) is 17.1 Å². The van der Waals surface area contributed by atoms with Crippen molar-refractivity contribution in [1.82, 2.24) is 0 Å². The van der Waals surface area contributed by atoms with Crippen LogP contribution in [-0.2, 0) is 4.74 Å². The van der Waals surface area contributed by atoms with E-state index in [4.69, 9.17) is 15.7 Å². The number of ether oxygens (including phenoxy) is 1. The molecule has 1 rings (SSSR count). The summed E-state index contributed by atoms with van der Waals surface area (Å²) in [5.41, 5.74) is 6.15. The largest absolute Gasteiger partial charge is 0.383 e. The first-order chi connectivity index (χ1) is 8.71. The number of nitrogens with one attached hydrogen (secondary N) is 1. The van der Waals surface area contributed by atoms with Crippen LogP contribution in [0.2, 0.25) is 0 Å². The van der Waals surface area contributed by atoms with Gasteiger partial charge in [0.05, 0.1) is 23.9 Å². The molecule has 98 valence electrons. The van der Waals surface area contributed by atoms with E-state index in [0.717, 1.165) is 12.8 Å². The van der Waals surface area contributed by atoms with Crippen molar-refractivity contribution in [3.63, 3.8) is 0 Å². The van der Waals surface area contributed by atoms with Crippen LogP contribution in [-0.4, -0.2) is 26.3 Å². The molecule has 3 N–H and O–H groups in total. The first-order valence-corrected chi connectivity index (χ1v) is 5.86. The van der Waals surface area contributed by atoms with Gasteiger partial charge < -0.3 is 15.8 Å². The molecule has 0 aliphatic carbocycles. The number of rotatable bonds is 7. The van der Waals surface area contributed by atoms with Gasteiger partial charge in [0.25, 0.3) is 0 Å². The van der Waals surface area contributed by atoms with Crippen LogP contribution in [0.4, 0.5) is 10.1 Å². The number of benzene rings is 1. The molecule has 0 fully saturated rings. The lowest BCUT2D eigenvalue weighted by molar-refractivity contribution is 0.182. The summed E-state index contributed by atoms with van der Waals surface area (Å²) in [5, 5.41) is 11.7. The Morgan fingerprint density at radius 2 is 2.33 bits per heavy atom. The fraction of sp³-hybridized carbons (Fsp3) is 0.462. The summed E-state index contributed by atoms with van der Waals surface area (Å²) in [6.07, 6.45) is 1.66. The highest BCUT2D eigenvalue weighted by Gasteiger charge is 2.11. The van der Waals surface area contributed by atoms with Crippen LogP contribution in [0.25, 0.3) is 0 Å². The summed E-state index contributed by atoms with van der Waals surface area (Å²) < 4.78 is 18.8. The van der Waals surface area contributed by atoms with E-state index in [1.54, 1.807) is 19.2 Å². The zero-order chi connectivity index (χ0) is 13.4. The van der Waals surface area contributed by atoms with E-state index in [-0.39, 0.29) is 6.04 Å². The number of methoxy groups -OCH3 is 1. The maximum atomic E-state index is 13.7. The van der Waals surface area contributed by atoms with E-state index in [9.17, 15) is 4.39 Å². The van der Waals surface area contributed by atoms with Crippen LogP contribution < -0.4 is 11.1 Å². The molecule has 0 radical (unpaired) electrons. The second-order valence-corrected chi connectivity index (χ2v) is 4.03. The first-order valence-electron chi connectivity index (χ1n) is 5.86. The molecule has 0 aliphatic rings. The minimum absolute atomic E-state index is 0.0148. The van der Waals surface area contributed by atoms with Crippen LogP contribution in [0.3, 0.4) is 0 Å². The van der Waals surface area contributed by atoms with Crippen molar-refractivity contribution in [3.05, 3.63) is 29.6 Å². The van der Waals surface area contributed by atoms with Crippen molar-refractivity contribution in [3.8, 4) is 6.07 Å². The maximum absolute atomic E-state index is 13.7. The summed E-state index contributed by atoms with van der Waals surface area (Å²) in [6.45, 7) is 1.08. The van der Waals surface area contributed by atoms with E-state index in [0.29, 0.717) is 24.4 Å². The molecular weight excluding hydrogens is 233 g/mol. The average Bonchev–Trinajstić information content (AvgIpc) is 2.38. The Hall–Kier alpha value is -1.64. The maximum Gasteiger partial charge on any atom is 0.147 e. The van der Waals surface area contributed by atoms with Gasteiger partial charge in [0, 0.05) is 13.2 Å². The van der Waals surface area contributed by atoms with Crippen LogP contribution in [0.1, 0.15) is 18.4 Å². The van der Waals surface area contributed by atoms with Crippen molar-refractivity contribution >= 4 is 5.69 Å². The highest BCUT2D eigenvalue weighted by Crippen LogP contribution is 2.17. The van der Waals surface area contributed by atoms with Gasteiger partial charge >= 0.3 is 0 Å². The predicted octanol–water partition coefficient (Wildman–Crippen LogP) is 1.86. The van der Waals surface area contributed by atoms with E-state index >= 15 is 0 Å². The van der Waals surface area contributed by atoms with Gasteiger partial charge in [0.1, 0.15) is 5.82 Å². The molecule has 1 unspecified atom stereocenters. The van der Waals surface area contributed by atoms with Gasteiger partial charge in [-0.15, -0.1) is 0 Å². The van der Waals surface area contributed by atoms with E-state index in [1.165, 1.54) is 6.07 Å². The summed E-state index contributed by atoms with van der Waals surface area (Å²) in [4.78, 5) is 0. The van der Waals surface area contributed by atoms with Crippen LogP contribution >= 0.6 is 0 Å². The number of halogens is 1. The topological polar surface area (TPSA) is 71.1 Å². The molecule has 0 heterocycles. The van der Waals surface area contributed by atoms with Gasteiger partial charge in [-0.3, -0.25) is 0 Å². The average molecular weight is 251 g/mol. The molecule has 5 heteroatoms.